The van der Waals surface area contributed by atoms with Crippen LogP contribution in [0.4, 0.5) is 0 Å². The first-order valence-corrected chi connectivity index (χ1v) is 9.94. The SMILES string of the molecule is CO[C@@H](Cc1ccc(OCCCOc2ccc(-c3ccccc3)cc2)cc1)C(=O)[OH2+]. The van der Waals surface area contributed by atoms with Gasteiger partial charge in [0.2, 0.25) is 6.10 Å². The van der Waals surface area contributed by atoms with E-state index in [4.69, 9.17) is 19.3 Å². The average molecular weight is 407 g/mol. The quantitative estimate of drug-likeness (QED) is 0.356. The summed E-state index contributed by atoms with van der Waals surface area (Å²) in [6.45, 7) is 1.12. The van der Waals surface area contributed by atoms with Crippen LogP contribution < -0.4 is 9.47 Å². The standard InChI is InChI=1S/C25H26O5/c1-28-24(25(26)27)18-19-8-12-22(13-9-19)29-16-5-17-30-23-14-10-21(11-15-23)20-6-3-2-4-7-20/h2-4,6-15,24H,5,16-18H2,1H3,(H,26,27)/p+1/t24-/m0/s1. The van der Waals surface area contributed by atoms with E-state index >= 15 is 0 Å². The van der Waals surface area contributed by atoms with E-state index in [2.05, 4.69) is 24.3 Å². The Morgan fingerprint density at radius 2 is 1.33 bits per heavy atom. The fourth-order valence-corrected chi connectivity index (χ4v) is 3.03. The van der Waals surface area contributed by atoms with Crippen molar-refractivity contribution in [2.75, 3.05) is 20.3 Å². The highest BCUT2D eigenvalue weighted by Gasteiger charge is 2.24. The second kappa shape index (κ2) is 11.0. The van der Waals surface area contributed by atoms with Crippen LogP contribution in [0.15, 0.2) is 78.9 Å². The van der Waals surface area contributed by atoms with Crippen LogP contribution in [0.25, 0.3) is 11.1 Å². The minimum Gasteiger partial charge on any atom is -0.563 e. The molecule has 0 unspecified atom stereocenters. The molecule has 0 saturated heterocycles. The van der Waals surface area contributed by atoms with Crippen LogP contribution in [-0.2, 0) is 16.0 Å². The maximum atomic E-state index is 11.1. The highest BCUT2D eigenvalue weighted by atomic mass is 16.5. The molecule has 0 amide bonds. The van der Waals surface area contributed by atoms with Crippen molar-refractivity contribution in [1.29, 1.82) is 0 Å². The summed E-state index contributed by atoms with van der Waals surface area (Å²) in [6.07, 6.45) is 0.424. The Hall–Kier alpha value is -3.31. The lowest BCUT2D eigenvalue weighted by Gasteiger charge is -2.10. The molecule has 0 aliphatic carbocycles. The van der Waals surface area contributed by atoms with Crippen LogP contribution in [0.5, 0.6) is 11.5 Å². The minimum atomic E-state index is -0.726. The molecule has 5 nitrogen and oxygen atoms in total. The Morgan fingerprint density at radius 1 is 0.800 bits per heavy atom. The van der Waals surface area contributed by atoms with E-state index in [1.165, 1.54) is 18.2 Å². The molecule has 0 aromatic heterocycles. The smallest absolute Gasteiger partial charge is 0.545 e. The van der Waals surface area contributed by atoms with Gasteiger partial charge >= 0.3 is 5.97 Å². The number of methoxy groups -OCH3 is 1. The lowest BCUT2D eigenvalue weighted by molar-refractivity contribution is -0.148. The van der Waals surface area contributed by atoms with Gasteiger partial charge in [-0.25, -0.2) is 0 Å². The third-order valence-corrected chi connectivity index (χ3v) is 4.71. The number of carbonyl (C=O) groups is 1. The first-order valence-electron chi connectivity index (χ1n) is 9.94. The second-order valence-electron chi connectivity index (χ2n) is 6.88. The Kier molecular flexibility index (Phi) is 7.86. The molecule has 0 heterocycles. The van der Waals surface area contributed by atoms with E-state index in [9.17, 15) is 4.79 Å². The van der Waals surface area contributed by atoms with E-state index in [0.29, 0.717) is 19.6 Å². The summed E-state index contributed by atoms with van der Waals surface area (Å²) < 4.78 is 16.5. The van der Waals surface area contributed by atoms with Gasteiger partial charge < -0.3 is 19.3 Å². The molecular weight excluding hydrogens is 380 g/mol. The zero-order valence-corrected chi connectivity index (χ0v) is 17.0. The lowest BCUT2D eigenvalue weighted by atomic mass is 10.1. The van der Waals surface area contributed by atoms with Crippen molar-refractivity contribution in [3.8, 4) is 22.6 Å². The van der Waals surface area contributed by atoms with Gasteiger partial charge in [0, 0.05) is 24.7 Å². The highest BCUT2D eigenvalue weighted by Crippen LogP contribution is 2.22. The summed E-state index contributed by atoms with van der Waals surface area (Å²) in [5, 5.41) is 7.17. The molecule has 0 aliphatic heterocycles. The van der Waals surface area contributed by atoms with Gasteiger partial charge in [-0.1, -0.05) is 54.6 Å². The summed E-state index contributed by atoms with van der Waals surface area (Å²) >= 11 is 0. The largest absolute Gasteiger partial charge is 0.563 e. The number of hydrogen-bond donors (Lipinski definition) is 0. The fourth-order valence-electron chi connectivity index (χ4n) is 3.03. The highest BCUT2D eigenvalue weighted by molar-refractivity contribution is 5.72. The Balaban J connectivity index is 1.37. The van der Waals surface area contributed by atoms with Gasteiger partial charge in [-0.15, -0.1) is 0 Å². The van der Waals surface area contributed by atoms with Crippen molar-refractivity contribution in [1.82, 2.24) is 0 Å². The number of carbonyl (C=O) groups excluding carboxylic acids is 1. The third kappa shape index (κ3) is 6.36. The van der Waals surface area contributed by atoms with Gasteiger partial charge in [0.1, 0.15) is 11.5 Å². The minimum absolute atomic E-state index is 0.385. The maximum absolute atomic E-state index is 11.1. The summed E-state index contributed by atoms with van der Waals surface area (Å²) in [7, 11) is 1.44. The number of rotatable bonds is 11. The molecule has 3 aromatic carbocycles. The lowest BCUT2D eigenvalue weighted by Crippen LogP contribution is -2.24. The van der Waals surface area contributed by atoms with Crippen LogP contribution in [-0.4, -0.2) is 37.5 Å². The summed E-state index contributed by atoms with van der Waals surface area (Å²) in [5.41, 5.74) is 3.28. The molecule has 0 saturated carbocycles. The first-order chi connectivity index (χ1) is 14.7. The Labute approximate surface area is 176 Å². The molecule has 0 spiro atoms. The predicted octanol–water partition coefficient (Wildman–Crippen LogP) is 4.01. The zero-order valence-electron chi connectivity index (χ0n) is 17.0. The molecule has 3 rings (SSSR count). The van der Waals surface area contributed by atoms with Gasteiger partial charge in [0.05, 0.1) is 13.2 Å². The molecule has 0 aliphatic rings. The van der Waals surface area contributed by atoms with Crippen LogP contribution >= 0.6 is 0 Å². The molecule has 30 heavy (non-hydrogen) atoms. The molecule has 0 radical (unpaired) electrons. The van der Waals surface area contributed by atoms with Crippen molar-refractivity contribution < 1.29 is 24.1 Å². The number of benzene rings is 3. The van der Waals surface area contributed by atoms with Crippen LogP contribution in [0.1, 0.15) is 12.0 Å². The molecule has 5 heteroatoms. The predicted molar refractivity (Wildman–Crippen MR) is 117 cm³/mol. The van der Waals surface area contributed by atoms with Crippen molar-refractivity contribution in [2.24, 2.45) is 0 Å². The topological polar surface area (TPSA) is 67.7 Å². The van der Waals surface area contributed by atoms with Crippen molar-refractivity contribution in [2.45, 2.75) is 18.9 Å². The van der Waals surface area contributed by atoms with Crippen LogP contribution in [0.2, 0.25) is 0 Å². The fraction of sp³-hybridized carbons (Fsp3) is 0.240. The molecular formula is C25H27O5+. The van der Waals surface area contributed by atoms with Gasteiger partial charge in [-0.2, -0.15) is 0 Å². The Morgan fingerprint density at radius 3 is 1.87 bits per heavy atom. The number of ether oxygens (including phenoxy) is 3. The first kappa shape index (κ1) is 21.4. The normalized spacial score (nSPS) is 11.6. The Bertz CT molecular complexity index is 905. The zero-order chi connectivity index (χ0) is 21.2. The molecule has 3 aromatic rings. The van der Waals surface area contributed by atoms with Gasteiger partial charge in [-0.05, 0) is 41.0 Å². The monoisotopic (exact) mass is 407 g/mol. The molecule has 0 bridgehead atoms. The average Bonchev–Trinajstić information content (AvgIpc) is 2.79. The van der Waals surface area contributed by atoms with Crippen LogP contribution in [0, 0.1) is 0 Å². The van der Waals surface area contributed by atoms with E-state index in [0.717, 1.165) is 23.5 Å². The number of hydrogen-bond acceptors (Lipinski definition) is 4. The molecule has 2 N–H and O–H groups in total. The summed E-state index contributed by atoms with van der Waals surface area (Å²) in [5.74, 6) is 0.889. The molecule has 0 fully saturated rings. The van der Waals surface area contributed by atoms with E-state index in [-0.39, 0.29) is 0 Å². The van der Waals surface area contributed by atoms with Gasteiger partial charge in [-0.3, -0.25) is 0 Å². The molecule has 156 valence electrons. The third-order valence-electron chi connectivity index (χ3n) is 4.71. The van der Waals surface area contributed by atoms with E-state index in [1.807, 2.05) is 54.6 Å². The van der Waals surface area contributed by atoms with E-state index < -0.39 is 12.1 Å². The molecule has 1 atom stereocenters. The van der Waals surface area contributed by atoms with Gasteiger partial charge in [0.25, 0.3) is 0 Å². The van der Waals surface area contributed by atoms with Crippen molar-refractivity contribution >= 4 is 5.97 Å². The summed E-state index contributed by atoms with van der Waals surface area (Å²) in [4.78, 5) is 11.1. The van der Waals surface area contributed by atoms with Gasteiger partial charge in [0.15, 0.2) is 0 Å². The maximum Gasteiger partial charge on any atom is 0.545 e. The van der Waals surface area contributed by atoms with Crippen molar-refractivity contribution in [3.05, 3.63) is 84.4 Å². The van der Waals surface area contributed by atoms with Crippen molar-refractivity contribution in [3.63, 3.8) is 0 Å². The van der Waals surface area contributed by atoms with E-state index in [1.54, 1.807) is 0 Å². The summed E-state index contributed by atoms with van der Waals surface area (Å²) in [6, 6.07) is 25.8. The van der Waals surface area contributed by atoms with Crippen LogP contribution in [0.3, 0.4) is 0 Å². The second-order valence-corrected chi connectivity index (χ2v) is 6.88.